The summed E-state index contributed by atoms with van der Waals surface area (Å²) in [5, 5.41) is 0. The molecule has 4 heteroatoms. The molecule has 0 spiro atoms. The molecule has 0 saturated carbocycles. The molecule has 2 aliphatic heterocycles. The predicted molar refractivity (Wildman–Crippen MR) is 84.3 cm³/mol. The number of hydrogen-bond donors (Lipinski definition) is 0. The van der Waals surface area contributed by atoms with Gasteiger partial charge in [-0.15, -0.1) is 6.42 Å². The quantitative estimate of drug-likeness (QED) is 0.529. The molecule has 19 heavy (non-hydrogen) atoms. The molecular weight excluding hydrogens is 372 g/mol. The second-order valence-corrected chi connectivity index (χ2v) is 6.97. The number of fused-ring (bicyclic) bond motifs is 1. The minimum Gasteiger partial charge on any atom is -0.491 e. The molecule has 2 fully saturated rings. The molecule has 2 saturated heterocycles. The Morgan fingerprint density at radius 2 is 2.32 bits per heavy atom. The number of hydrogen-bond acceptors (Lipinski definition) is 2. The van der Waals surface area contributed by atoms with Gasteiger partial charge in [-0.3, -0.25) is 0 Å². The zero-order valence-corrected chi connectivity index (χ0v) is 14.1. The van der Waals surface area contributed by atoms with Gasteiger partial charge in [0, 0.05) is 28.6 Å². The normalized spacial score (nSPS) is 36.7. The first kappa shape index (κ1) is 15.2. The highest BCUT2D eigenvalue weighted by Crippen LogP contribution is 2.40. The van der Waals surface area contributed by atoms with Crippen LogP contribution >= 0.6 is 31.9 Å². The standard InChI is InChI=1S/C15H18Br2O2/c1-3-5-6-7-10(16)13-9-15-14(19-13)8-11(17)12(4-2)18-15/h1,5-6,11-12,14-15H,4,7-9H2,2H3/b6-5-,13-10-/t11-,12+,14-,15-/m0/s1. The van der Waals surface area contributed by atoms with Crippen LogP contribution in [0.3, 0.4) is 0 Å². The van der Waals surface area contributed by atoms with Gasteiger partial charge >= 0.3 is 0 Å². The topological polar surface area (TPSA) is 18.5 Å². The maximum absolute atomic E-state index is 6.10. The number of alkyl halides is 1. The van der Waals surface area contributed by atoms with Gasteiger partial charge in [0.15, 0.2) is 0 Å². The van der Waals surface area contributed by atoms with Crippen LogP contribution in [0.4, 0.5) is 0 Å². The molecule has 0 aromatic rings. The van der Waals surface area contributed by atoms with Crippen LogP contribution in [0.1, 0.15) is 32.6 Å². The second kappa shape index (κ2) is 6.97. The van der Waals surface area contributed by atoms with E-state index < -0.39 is 0 Å². The molecule has 104 valence electrons. The molecule has 2 aliphatic rings. The van der Waals surface area contributed by atoms with Gasteiger partial charge in [-0.1, -0.05) is 50.8 Å². The zero-order valence-electron chi connectivity index (χ0n) is 10.9. The fourth-order valence-corrected chi connectivity index (χ4v) is 3.82. The van der Waals surface area contributed by atoms with Gasteiger partial charge in [0.1, 0.15) is 18.0 Å². The number of allylic oxidation sites excluding steroid dienone is 3. The Morgan fingerprint density at radius 3 is 3.00 bits per heavy atom. The van der Waals surface area contributed by atoms with Crippen LogP contribution < -0.4 is 0 Å². The zero-order chi connectivity index (χ0) is 13.8. The number of ether oxygens (including phenoxy) is 2. The van der Waals surface area contributed by atoms with Gasteiger partial charge in [-0.25, -0.2) is 0 Å². The third-order valence-electron chi connectivity index (χ3n) is 3.52. The average Bonchev–Trinajstić information content (AvgIpc) is 2.80. The third kappa shape index (κ3) is 3.65. The molecular formula is C15H18Br2O2. The lowest BCUT2D eigenvalue weighted by molar-refractivity contribution is -0.0853. The molecule has 2 rings (SSSR count). The van der Waals surface area contributed by atoms with Crippen molar-refractivity contribution >= 4 is 31.9 Å². The first-order valence-corrected chi connectivity index (χ1v) is 8.31. The summed E-state index contributed by atoms with van der Waals surface area (Å²) >= 11 is 7.28. The Morgan fingerprint density at radius 1 is 1.53 bits per heavy atom. The van der Waals surface area contributed by atoms with Gasteiger partial charge in [0.25, 0.3) is 0 Å². The summed E-state index contributed by atoms with van der Waals surface area (Å²) < 4.78 is 13.2. The van der Waals surface area contributed by atoms with Crippen molar-refractivity contribution in [2.45, 2.75) is 55.7 Å². The Kier molecular flexibility index (Phi) is 5.56. The molecule has 0 aromatic carbocycles. The van der Waals surface area contributed by atoms with E-state index in [1.54, 1.807) is 6.08 Å². The van der Waals surface area contributed by atoms with E-state index in [1.807, 2.05) is 6.08 Å². The summed E-state index contributed by atoms with van der Waals surface area (Å²) in [4.78, 5) is 0.387. The van der Waals surface area contributed by atoms with Crippen molar-refractivity contribution in [2.75, 3.05) is 0 Å². The highest BCUT2D eigenvalue weighted by atomic mass is 79.9. The van der Waals surface area contributed by atoms with Gasteiger partial charge in [-0.05, 0) is 12.5 Å². The summed E-state index contributed by atoms with van der Waals surface area (Å²) in [6, 6.07) is 0. The van der Waals surface area contributed by atoms with Crippen LogP contribution in [-0.2, 0) is 9.47 Å². The summed E-state index contributed by atoms with van der Waals surface area (Å²) in [6.07, 6.45) is 13.2. The highest BCUT2D eigenvalue weighted by Gasteiger charge is 2.42. The lowest BCUT2D eigenvalue weighted by Crippen LogP contribution is -2.42. The van der Waals surface area contributed by atoms with Crippen molar-refractivity contribution in [3.05, 3.63) is 22.4 Å². The molecule has 4 atom stereocenters. The summed E-state index contributed by atoms with van der Waals surface area (Å²) in [5.41, 5.74) is 0. The SMILES string of the molecule is C#C/C=C\C/C(Br)=C1\C[C@@H]2O[C@H](CC)[C@@H](Br)C[C@@H]2O1. The van der Waals surface area contributed by atoms with Crippen LogP contribution in [0.15, 0.2) is 22.4 Å². The van der Waals surface area contributed by atoms with Crippen molar-refractivity contribution in [1.29, 1.82) is 0 Å². The van der Waals surface area contributed by atoms with E-state index in [4.69, 9.17) is 15.9 Å². The van der Waals surface area contributed by atoms with Crippen LogP contribution in [-0.4, -0.2) is 23.1 Å². The average molecular weight is 390 g/mol. The number of halogens is 2. The lowest BCUT2D eigenvalue weighted by Gasteiger charge is -2.34. The molecule has 0 unspecified atom stereocenters. The highest BCUT2D eigenvalue weighted by molar-refractivity contribution is 9.11. The van der Waals surface area contributed by atoms with Gasteiger partial charge < -0.3 is 9.47 Å². The molecule has 0 aromatic heterocycles. The minimum atomic E-state index is 0.173. The van der Waals surface area contributed by atoms with Crippen molar-refractivity contribution in [3.8, 4) is 12.3 Å². The van der Waals surface area contributed by atoms with E-state index in [0.717, 1.165) is 35.9 Å². The van der Waals surface area contributed by atoms with Gasteiger partial charge in [0.05, 0.1) is 6.10 Å². The molecule has 2 nitrogen and oxygen atoms in total. The van der Waals surface area contributed by atoms with Crippen LogP contribution in [0.25, 0.3) is 0 Å². The Hall–Kier alpha value is -0.240. The molecule has 0 bridgehead atoms. The Bertz CT molecular complexity index is 422. The van der Waals surface area contributed by atoms with Crippen molar-refractivity contribution in [3.63, 3.8) is 0 Å². The van der Waals surface area contributed by atoms with Gasteiger partial charge in [-0.2, -0.15) is 0 Å². The van der Waals surface area contributed by atoms with E-state index in [-0.39, 0.29) is 12.2 Å². The largest absolute Gasteiger partial charge is 0.491 e. The predicted octanol–water partition coefficient (Wildman–Crippen LogP) is 4.29. The molecule has 2 heterocycles. The number of terminal acetylenes is 1. The summed E-state index contributed by atoms with van der Waals surface area (Å²) in [6.45, 7) is 2.16. The Balaban J connectivity index is 2.01. The second-order valence-electron chi connectivity index (χ2n) is 4.83. The summed E-state index contributed by atoms with van der Waals surface area (Å²) in [7, 11) is 0. The molecule has 0 amide bonds. The van der Waals surface area contributed by atoms with E-state index in [9.17, 15) is 0 Å². The fourth-order valence-electron chi connectivity index (χ4n) is 2.51. The molecule has 0 radical (unpaired) electrons. The van der Waals surface area contributed by atoms with Crippen molar-refractivity contribution in [2.24, 2.45) is 0 Å². The lowest BCUT2D eigenvalue weighted by atomic mass is 9.99. The summed E-state index contributed by atoms with van der Waals surface area (Å²) in [5.74, 6) is 3.49. The van der Waals surface area contributed by atoms with E-state index >= 15 is 0 Å². The van der Waals surface area contributed by atoms with Crippen molar-refractivity contribution in [1.82, 2.24) is 0 Å². The number of rotatable bonds is 3. The maximum atomic E-state index is 6.10. The maximum Gasteiger partial charge on any atom is 0.126 e. The minimum absolute atomic E-state index is 0.173. The first-order chi connectivity index (χ1) is 9.15. The third-order valence-corrected chi connectivity index (χ3v) is 5.25. The Labute approximate surface area is 131 Å². The van der Waals surface area contributed by atoms with Crippen LogP contribution in [0, 0.1) is 12.3 Å². The van der Waals surface area contributed by atoms with Gasteiger partial charge in [0.2, 0.25) is 0 Å². The smallest absolute Gasteiger partial charge is 0.126 e. The van der Waals surface area contributed by atoms with E-state index in [0.29, 0.717) is 10.9 Å². The van der Waals surface area contributed by atoms with Crippen molar-refractivity contribution < 1.29 is 9.47 Å². The fraction of sp³-hybridized carbons (Fsp3) is 0.600. The van der Waals surface area contributed by atoms with Crippen LogP contribution in [0.5, 0.6) is 0 Å². The molecule has 0 aliphatic carbocycles. The molecule has 0 N–H and O–H groups in total. The van der Waals surface area contributed by atoms with E-state index in [1.165, 1.54) is 0 Å². The monoisotopic (exact) mass is 388 g/mol. The first-order valence-electron chi connectivity index (χ1n) is 6.60. The van der Waals surface area contributed by atoms with E-state index in [2.05, 4.69) is 44.7 Å². The van der Waals surface area contributed by atoms with Crippen LogP contribution in [0.2, 0.25) is 0 Å².